The van der Waals surface area contributed by atoms with Gasteiger partial charge in [-0.1, -0.05) is 6.07 Å². The van der Waals surface area contributed by atoms with E-state index in [1.54, 1.807) is 6.20 Å². The largest absolute Gasteiger partial charge is 0.373 e. The van der Waals surface area contributed by atoms with Gasteiger partial charge >= 0.3 is 12.3 Å². The van der Waals surface area contributed by atoms with E-state index in [9.17, 15) is 17.6 Å². The molecular formula is C14H18F4N2O. The molecule has 1 aliphatic rings. The number of aryl methyl sites for hydroxylation is 1. The Balaban J connectivity index is 1.92. The number of rotatable bonds is 6. The Kier molecular flexibility index (Phi) is 5.16. The second-order valence-corrected chi connectivity index (χ2v) is 5.29. The summed E-state index contributed by atoms with van der Waals surface area (Å²) in [5.41, 5.74) is 7.93. The van der Waals surface area contributed by atoms with Crippen molar-refractivity contribution in [1.29, 1.82) is 0 Å². The molecule has 1 aromatic rings. The monoisotopic (exact) mass is 306 g/mol. The number of pyridine rings is 1. The van der Waals surface area contributed by atoms with E-state index in [1.165, 1.54) is 0 Å². The maximum absolute atomic E-state index is 12.7. The quantitative estimate of drug-likeness (QED) is 0.822. The van der Waals surface area contributed by atoms with Crippen molar-refractivity contribution in [3.8, 4) is 0 Å². The summed E-state index contributed by atoms with van der Waals surface area (Å²) in [5.74, 6) is -4.22. The molecule has 0 saturated carbocycles. The van der Waals surface area contributed by atoms with Gasteiger partial charge in [0.05, 0.1) is 6.61 Å². The van der Waals surface area contributed by atoms with Crippen molar-refractivity contribution >= 4 is 0 Å². The lowest BCUT2D eigenvalue weighted by molar-refractivity contribution is -0.166. The number of aromatic nitrogens is 1. The van der Waals surface area contributed by atoms with Gasteiger partial charge < -0.3 is 10.5 Å². The molecule has 0 amide bonds. The van der Waals surface area contributed by atoms with E-state index in [-0.39, 0.29) is 12.5 Å². The number of alkyl halides is 4. The van der Waals surface area contributed by atoms with Crippen molar-refractivity contribution < 1.29 is 22.3 Å². The van der Waals surface area contributed by atoms with Gasteiger partial charge in [-0.05, 0) is 30.9 Å². The van der Waals surface area contributed by atoms with Crippen LogP contribution in [0.15, 0.2) is 18.3 Å². The van der Waals surface area contributed by atoms with Crippen LogP contribution in [0.2, 0.25) is 0 Å². The summed E-state index contributed by atoms with van der Waals surface area (Å²) >= 11 is 0. The van der Waals surface area contributed by atoms with Gasteiger partial charge in [-0.15, -0.1) is 0 Å². The Morgan fingerprint density at radius 1 is 1.43 bits per heavy atom. The summed E-state index contributed by atoms with van der Waals surface area (Å²) < 4.78 is 54.2. The fourth-order valence-corrected chi connectivity index (χ4v) is 2.57. The average Bonchev–Trinajstić information content (AvgIpc) is 2.46. The normalized spacial score (nSPS) is 20.4. The lowest BCUT2D eigenvalue weighted by Gasteiger charge is -2.29. The molecule has 0 spiro atoms. The molecule has 2 N–H and O–H groups in total. The van der Waals surface area contributed by atoms with Gasteiger partial charge in [0.25, 0.3) is 0 Å². The van der Waals surface area contributed by atoms with Crippen LogP contribution in [0, 0.1) is 0 Å². The van der Waals surface area contributed by atoms with Gasteiger partial charge in [0.2, 0.25) is 0 Å². The fourth-order valence-electron chi connectivity index (χ4n) is 2.57. The fraction of sp³-hybridized carbons (Fsp3) is 0.643. The van der Waals surface area contributed by atoms with Crippen LogP contribution in [-0.2, 0) is 11.2 Å². The minimum absolute atomic E-state index is 0.0878. The van der Waals surface area contributed by atoms with Crippen molar-refractivity contribution in [2.75, 3.05) is 13.2 Å². The highest BCUT2D eigenvalue weighted by Gasteiger charge is 2.41. The molecule has 0 aromatic carbocycles. The molecule has 2 atom stereocenters. The summed E-state index contributed by atoms with van der Waals surface area (Å²) in [6.07, 6.45) is 0.571. The highest BCUT2D eigenvalue weighted by Crippen LogP contribution is 2.32. The Bertz CT molecular complexity index is 470. The van der Waals surface area contributed by atoms with Crippen LogP contribution in [0.25, 0.3) is 0 Å². The smallest absolute Gasteiger partial charge is 0.330 e. The van der Waals surface area contributed by atoms with E-state index in [0.29, 0.717) is 0 Å². The molecule has 1 aliphatic carbocycles. The minimum atomic E-state index is -4.14. The first-order valence-corrected chi connectivity index (χ1v) is 6.85. The van der Waals surface area contributed by atoms with Gasteiger partial charge in [-0.25, -0.2) is 8.78 Å². The first-order valence-electron chi connectivity index (χ1n) is 6.85. The first kappa shape index (κ1) is 16.2. The van der Waals surface area contributed by atoms with E-state index in [1.807, 2.05) is 12.1 Å². The molecule has 2 unspecified atom stereocenters. The van der Waals surface area contributed by atoms with Gasteiger partial charge in [-0.2, -0.15) is 8.78 Å². The van der Waals surface area contributed by atoms with E-state index in [0.717, 1.165) is 30.5 Å². The summed E-state index contributed by atoms with van der Waals surface area (Å²) in [6, 6.07) is 3.27. The van der Waals surface area contributed by atoms with Crippen LogP contribution in [-0.4, -0.2) is 36.6 Å². The maximum Gasteiger partial charge on any atom is 0.330 e. The average molecular weight is 306 g/mol. The third-order valence-electron chi connectivity index (χ3n) is 3.68. The van der Waals surface area contributed by atoms with Crippen LogP contribution in [0.3, 0.4) is 0 Å². The topological polar surface area (TPSA) is 48.1 Å². The molecule has 1 aromatic heterocycles. The minimum Gasteiger partial charge on any atom is -0.373 e. The predicted octanol–water partition coefficient (Wildman–Crippen LogP) is 2.75. The molecule has 1 heterocycles. The Hall–Kier alpha value is -1.21. The number of hydrogen-bond donors (Lipinski definition) is 1. The number of nitrogens with zero attached hydrogens (tertiary/aromatic N) is 1. The lowest BCUT2D eigenvalue weighted by atomic mass is 9.82. The zero-order chi connectivity index (χ0) is 15.5. The summed E-state index contributed by atoms with van der Waals surface area (Å²) in [6.45, 7) is -1.51. The van der Waals surface area contributed by atoms with Crippen LogP contribution in [0.4, 0.5) is 17.6 Å². The van der Waals surface area contributed by atoms with E-state index < -0.39 is 25.0 Å². The standard InChI is InChI=1S/C14H18F4N2O/c15-13(16)14(17,18)8-21-7-11(19)10-5-1-3-9-4-2-6-20-12(9)10/h2,4,6,10-11,13H,1,3,5,7-8,19H2. The van der Waals surface area contributed by atoms with Gasteiger partial charge in [-0.3, -0.25) is 4.98 Å². The number of fused-ring (bicyclic) bond motifs is 1. The molecule has 7 heteroatoms. The number of halogens is 4. The lowest BCUT2D eigenvalue weighted by Crippen LogP contribution is -2.39. The number of hydrogen-bond acceptors (Lipinski definition) is 3. The van der Waals surface area contributed by atoms with E-state index in [4.69, 9.17) is 10.5 Å². The van der Waals surface area contributed by atoms with Crippen molar-refractivity contribution in [3.63, 3.8) is 0 Å². The van der Waals surface area contributed by atoms with Crippen LogP contribution >= 0.6 is 0 Å². The van der Waals surface area contributed by atoms with E-state index in [2.05, 4.69) is 4.98 Å². The SMILES string of the molecule is NC(COCC(F)(F)C(F)F)C1CCCc2cccnc21. The molecule has 3 nitrogen and oxygen atoms in total. The molecule has 0 saturated heterocycles. The number of nitrogens with two attached hydrogens (primary N) is 1. The molecule has 2 rings (SSSR count). The maximum atomic E-state index is 12.7. The summed E-state index contributed by atoms with van der Waals surface area (Å²) in [5, 5.41) is 0. The van der Waals surface area contributed by atoms with Crippen LogP contribution in [0.1, 0.15) is 30.0 Å². The Morgan fingerprint density at radius 3 is 2.90 bits per heavy atom. The molecule has 0 radical (unpaired) electrons. The zero-order valence-corrected chi connectivity index (χ0v) is 11.4. The molecule has 0 aliphatic heterocycles. The highest BCUT2D eigenvalue weighted by atomic mass is 19.3. The second kappa shape index (κ2) is 6.70. The molecule has 118 valence electrons. The second-order valence-electron chi connectivity index (χ2n) is 5.29. The zero-order valence-electron chi connectivity index (χ0n) is 11.4. The Morgan fingerprint density at radius 2 is 2.19 bits per heavy atom. The van der Waals surface area contributed by atoms with Gasteiger partial charge in [0.1, 0.15) is 6.61 Å². The van der Waals surface area contributed by atoms with Gasteiger partial charge in [0, 0.05) is 23.9 Å². The van der Waals surface area contributed by atoms with Crippen LogP contribution < -0.4 is 5.73 Å². The summed E-state index contributed by atoms with van der Waals surface area (Å²) in [4.78, 5) is 4.30. The molecular weight excluding hydrogens is 288 g/mol. The van der Waals surface area contributed by atoms with Crippen molar-refractivity contribution in [2.45, 2.75) is 43.6 Å². The van der Waals surface area contributed by atoms with Crippen molar-refractivity contribution in [1.82, 2.24) is 4.98 Å². The third kappa shape index (κ3) is 3.91. The Labute approximate surface area is 120 Å². The van der Waals surface area contributed by atoms with Crippen molar-refractivity contribution in [3.05, 3.63) is 29.6 Å². The van der Waals surface area contributed by atoms with Crippen LogP contribution in [0.5, 0.6) is 0 Å². The van der Waals surface area contributed by atoms with Gasteiger partial charge in [0.15, 0.2) is 0 Å². The van der Waals surface area contributed by atoms with E-state index >= 15 is 0 Å². The van der Waals surface area contributed by atoms with Crippen molar-refractivity contribution in [2.24, 2.45) is 5.73 Å². The highest BCUT2D eigenvalue weighted by molar-refractivity contribution is 5.27. The summed E-state index contributed by atoms with van der Waals surface area (Å²) in [7, 11) is 0. The predicted molar refractivity (Wildman–Crippen MR) is 69.7 cm³/mol. The molecule has 0 fully saturated rings. The molecule has 0 bridgehead atoms. The third-order valence-corrected chi connectivity index (χ3v) is 3.68. The number of ether oxygens (including phenoxy) is 1. The molecule has 21 heavy (non-hydrogen) atoms. The first-order chi connectivity index (χ1) is 9.92.